The van der Waals surface area contributed by atoms with E-state index < -0.39 is 6.09 Å². The number of methoxy groups -OCH3 is 1. The highest BCUT2D eigenvalue weighted by molar-refractivity contribution is 5.84. The molecule has 8 nitrogen and oxygen atoms in total. The van der Waals surface area contributed by atoms with Gasteiger partial charge in [0.05, 0.1) is 32.6 Å². The Morgan fingerprint density at radius 3 is 2.81 bits per heavy atom. The minimum Gasteiger partial charge on any atom is -0.493 e. The van der Waals surface area contributed by atoms with Gasteiger partial charge >= 0.3 is 6.09 Å². The highest BCUT2D eigenvalue weighted by Gasteiger charge is 2.20. The van der Waals surface area contributed by atoms with Gasteiger partial charge in [0.15, 0.2) is 11.5 Å². The molecule has 3 aromatic rings. The normalized spacial score (nSPS) is 15.4. The van der Waals surface area contributed by atoms with E-state index >= 15 is 0 Å². The van der Waals surface area contributed by atoms with Crippen molar-refractivity contribution in [3.8, 4) is 22.8 Å². The van der Waals surface area contributed by atoms with Crippen LogP contribution in [-0.4, -0.2) is 48.9 Å². The maximum atomic E-state index is 13.0. The summed E-state index contributed by atoms with van der Waals surface area (Å²) in [5.41, 5.74) is 2.20. The number of benzene rings is 2. The number of anilines is 1. The summed E-state index contributed by atoms with van der Waals surface area (Å²) in [7, 11) is 1.60. The summed E-state index contributed by atoms with van der Waals surface area (Å²) in [5, 5.41) is 6.88. The summed E-state index contributed by atoms with van der Waals surface area (Å²) in [6, 6.07) is 13.0. The number of nitrogens with one attached hydrogen (secondary N) is 1. The van der Waals surface area contributed by atoms with Gasteiger partial charge in [-0.25, -0.2) is 9.18 Å². The van der Waals surface area contributed by atoms with Crippen molar-refractivity contribution in [2.75, 3.05) is 32.2 Å². The molecule has 1 N–H and O–H groups in total. The molecule has 1 saturated heterocycles. The van der Waals surface area contributed by atoms with Crippen LogP contribution in [0.25, 0.3) is 11.3 Å². The van der Waals surface area contributed by atoms with Gasteiger partial charge in [-0.2, -0.15) is 5.10 Å². The monoisotopic (exact) mass is 441 g/mol. The Labute approximate surface area is 184 Å². The van der Waals surface area contributed by atoms with Crippen molar-refractivity contribution in [1.82, 2.24) is 9.78 Å². The van der Waals surface area contributed by atoms with Crippen LogP contribution in [0, 0.1) is 5.82 Å². The first-order chi connectivity index (χ1) is 15.6. The molecule has 4 rings (SSSR count). The highest BCUT2D eigenvalue weighted by Crippen LogP contribution is 2.34. The van der Waals surface area contributed by atoms with Gasteiger partial charge in [-0.15, -0.1) is 0 Å². The molecule has 0 saturated carbocycles. The van der Waals surface area contributed by atoms with E-state index in [1.54, 1.807) is 18.0 Å². The zero-order chi connectivity index (χ0) is 22.3. The van der Waals surface area contributed by atoms with E-state index in [0.717, 1.165) is 17.7 Å². The van der Waals surface area contributed by atoms with Crippen LogP contribution in [0.5, 0.6) is 11.5 Å². The van der Waals surface area contributed by atoms with Crippen molar-refractivity contribution in [2.24, 2.45) is 0 Å². The van der Waals surface area contributed by atoms with Crippen molar-refractivity contribution in [3.63, 3.8) is 0 Å². The maximum Gasteiger partial charge on any atom is 0.411 e. The summed E-state index contributed by atoms with van der Waals surface area (Å²) in [4.78, 5) is 12.0. The molecule has 0 spiro atoms. The van der Waals surface area contributed by atoms with Gasteiger partial charge in [0.1, 0.15) is 18.5 Å². The van der Waals surface area contributed by atoms with Crippen LogP contribution < -0.4 is 14.8 Å². The molecule has 9 heteroatoms. The summed E-state index contributed by atoms with van der Waals surface area (Å²) in [6.07, 6.45) is 1.90. The second-order valence-electron chi connectivity index (χ2n) is 7.18. The number of hydrogen-bond donors (Lipinski definition) is 1. The first kappa shape index (κ1) is 21.6. The standard InChI is InChI=1S/C23H24FN3O5/c1-29-21-7-2-16(14-22(21)32-19-9-12-30-15-19)20-8-10-25-27(20)11-13-31-23(28)26-18-5-3-17(24)4-6-18/h2-8,10,14,19H,9,11-13,15H2,1H3,(H,26,28)/t19-/m1/s1. The van der Waals surface area contributed by atoms with E-state index in [0.29, 0.717) is 36.9 Å². The number of nitrogens with zero attached hydrogens (tertiary/aromatic N) is 2. The summed E-state index contributed by atoms with van der Waals surface area (Å²) >= 11 is 0. The zero-order valence-electron chi connectivity index (χ0n) is 17.6. The second-order valence-corrected chi connectivity index (χ2v) is 7.18. The first-order valence-corrected chi connectivity index (χ1v) is 10.3. The average Bonchev–Trinajstić information content (AvgIpc) is 3.47. The molecule has 0 bridgehead atoms. The van der Waals surface area contributed by atoms with Gasteiger partial charge in [0, 0.05) is 23.9 Å². The number of carbonyl (C=O) groups is 1. The van der Waals surface area contributed by atoms with Gasteiger partial charge in [0.2, 0.25) is 0 Å². The van der Waals surface area contributed by atoms with Gasteiger partial charge in [-0.05, 0) is 48.5 Å². The lowest BCUT2D eigenvalue weighted by molar-refractivity contribution is 0.138. The lowest BCUT2D eigenvalue weighted by Gasteiger charge is -2.16. The lowest BCUT2D eigenvalue weighted by Crippen LogP contribution is -2.18. The fraction of sp³-hybridized carbons (Fsp3) is 0.304. The zero-order valence-corrected chi connectivity index (χ0v) is 17.6. The van der Waals surface area contributed by atoms with Crippen LogP contribution >= 0.6 is 0 Å². The molecule has 0 radical (unpaired) electrons. The van der Waals surface area contributed by atoms with E-state index in [9.17, 15) is 9.18 Å². The topological polar surface area (TPSA) is 83.8 Å². The highest BCUT2D eigenvalue weighted by atomic mass is 19.1. The number of aromatic nitrogens is 2. The Hall–Kier alpha value is -3.59. The third kappa shape index (κ3) is 5.36. The number of rotatable bonds is 8. The van der Waals surface area contributed by atoms with Crippen molar-refractivity contribution < 1.29 is 28.1 Å². The Balaban J connectivity index is 1.38. The minimum atomic E-state index is -0.621. The summed E-state index contributed by atoms with van der Waals surface area (Å²) < 4.78 is 36.8. The van der Waals surface area contributed by atoms with E-state index in [-0.39, 0.29) is 18.5 Å². The Morgan fingerprint density at radius 1 is 1.22 bits per heavy atom. The van der Waals surface area contributed by atoms with E-state index in [4.69, 9.17) is 18.9 Å². The Kier molecular flexibility index (Phi) is 6.86. The van der Waals surface area contributed by atoms with E-state index in [1.165, 1.54) is 24.3 Å². The van der Waals surface area contributed by atoms with Crippen LogP contribution in [0.2, 0.25) is 0 Å². The first-order valence-electron chi connectivity index (χ1n) is 10.3. The fourth-order valence-corrected chi connectivity index (χ4v) is 3.38. The number of ether oxygens (including phenoxy) is 4. The van der Waals surface area contributed by atoms with Gasteiger partial charge < -0.3 is 18.9 Å². The third-order valence-electron chi connectivity index (χ3n) is 4.98. The van der Waals surface area contributed by atoms with Crippen LogP contribution in [0.4, 0.5) is 14.9 Å². The van der Waals surface area contributed by atoms with Crippen molar-refractivity contribution in [1.29, 1.82) is 0 Å². The molecule has 0 aliphatic carbocycles. The number of amides is 1. The number of hydrogen-bond acceptors (Lipinski definition) is 6. The van der Waals surface area contributed by atoms with E-state index in [2.05, 4.69) is 10.4 Å². The molecule has 1 fully saturated rings. The number of halogens is 1. The van der Waals surface area contributed by atoms with Crippen molar-refractivity contribution in [2.45, 2.75) is 19.1 Å². The molecule has 0 unspecified atom stereocenters. The molecule has 1 aromatic heterocycles. The molecular formula is C23H24FN3O5. The lowest BCUT2D eigenvalue weighted by atomic mass is 10.1. The molecule has 1 aliphatic heterocycles. The van der Waals surface area contributed by atoms with Gasteiger partial charge in [0.25, 0.3) is 0 Å². The van der Waals surface area contributed by atoms with Crippen LogP contribution in [0.3, 0.4) is 0 Å². The molecule has 1 aliphatic rings. The quantitative estimate of drug-likeness (QED) is 0.566. The Bertz CT molecular complexity index is 1050. The molecule has 168 valence electrons. The fourth-order valence-electron chi connectivity index (χ4n) is 3.38. The van der Waals surface area contributed by atoms with E-state index in [1.807, 2.05) is 24.3 Å². The molecule has 1 atom stereocenters. The SMILES string of the molecule is COc1ccc(-c2ccnn2CCOC(=O)Nc2ccc(F)cc2)cc1O[C@@H]1CCOC1. The van der Waals surface area contributed by atoms with Crippen LogP contribution in [-0.2, 0) is 16.0 Å². The molecular weight excluding hydrogens is 417 g/mol. The molecule has 1 amide bonds. The minimum absolute atomic E-state index is 0.00270. The second kappa shape index (κ2) is 10.1. The predicted octanol–water partition coefficient (Wildman–Crippen LogP) is 4.11. The molecule has 32 heavy (non-hydrogen) atoms. The summed E-state index contributed by atoms with van der Waals surface area (Å²) in [5.74, 6) is 0.912. The Morgan fingerprint density at radius 2 is 2.06 bits per heavy atom. The maximum absolute atomic E-state index is 13.0. The smallest absolute Gasteiger partial charge is 0.411 e. The molecule has 2 heterocycles. The predicted molar refractivity (Wildman–Crippen MR) is 115 cm³/mol. The summed E-state index contributed by atoms with van der Waals surface area (Å²) in [6.45, 7) is 1.72. The molecule has 2 aromatic carbocycles. The number of carbonyl (C=O) groups excluding carboxylic acids is 1. The average molecular weight is 441 g/mol. The van der Waals surface area contributed by atoms with Gasteiger partial charge in [-0.1, -0.05) is 0 Å². The van der Waals surface area contributed by atoms with Crippen molar-refractivity contribution in [3.05, 3.63) is 60.5 Å². The van der Waals surface area contributed by atoms with Crippen LogP contribution in [0.15, 0.2) is 54.7 Å². The largest absolute Gasteiger partial charge is 0.493 e. The van der Waals surface area contributed by atoms with Gasteiger partial charge in [-0.3, -0.25) is 10.00 Å². The van der Waals surface area contributed by atoms with Crippen molar-refractivity contribution >= 4 is 11.8 Å². The van der Waals surface area contributed by atoms with Crippen LogP contribution in [0.1, 0.15) is 6.42 Å². The third-order valence-corrected chi connectivity index (χ3v) is 4.98.